The Balaban J connectivity index is 1.46. The number of hydrogen-bond acceptors (Lipinski definition) is 4. The smallest absolute Gasteiger partial charge is 0.0865 e. The molecule has 0 aromatic carbocycles. The van der Waals surface area contributed by atoms with Gasteiger partial charge < -0.3 is 20.1 Å². The number of ether oxygens (including phenoxy) is 1. The summed E-state index contributed by atoms with van der Waals surface area (Å²) in [4.78, 5) is 0. The Morgan fingerprint density at radius 3 is 2.06 bits per heavy atom. The molecule has 0 unspecified atom stereocenters. The van der Waals surface area contributed by atoms with E-state index in [1.54, 1.807) is 0 Å². The van der Waals surface area contributed by atoms with Crippen molar-refractivity contribution in [2.45, 2.75) is 136 Å². The van der Waals surface area contributed by atoms with E-state index in [0.29, 0.717) is 23.7 Å². The lowest BCUT2D eigenvalue weighted by atomic mass is 9.35. The zero-order chi connectivity index (χ0) is 24.9. The molecule has 4 heteroatoms. The van der Waals surface area contributed by atoms with Gasteiger partial charge in [-0.15, -0.1) is 0 Å². The van der Waals surface area contributed by atoms with Crippen LogP contribution in [-0.2, 0) is 4.74 Å². The molecule has 5 fully saturated rings. The minimum absolute atomic E-state index is 0.0540. The predicted molar refractivity (Wildman–Crippen MR) is 135 cm³/mol. The molecular weight excluding hydrogens is 424 g/mol. The number of aliphatic hydroxyl groups excluding tert-OH is 2. The second-order valence-corrected chi connectivity index (χ2v) is 15.2. The predicted octanol–water partition coefficient (Wildman–Crippen LogP) is 5.71. The minimum Gasteiger partial charge on any atom is -0.396 e. The summed E-state index contributed by atoms with van der Waals surface area (Å²) in [6, 6.07) is 0. The van der Waals surface area contributed by atoms with E-state index in [1.165, 1.54) is 32.1 Å². The van der Waals surface area contributed by atoms with Crippen LogP contribution in [0.1, 0.15) is 113 Å². The summed E-state index contributed by atoms with van der Waals surface area (Å²) in [6.07, 6.45) is 10.7. The monoisotopic (exact) mass is 476 g/mol. The first-order valence-electron chi connectivity index (χ1n) is 14.3. The third kappa shape index (κ3) is 3.16. The molecule has 34 heavy (non-hydrogen) atoms. The number of fused-ring (bicyclic) bond motifs is 5. The van der Waals surface area contributed by atoms with Crippen LogP contribution < -0.4 is 0 Å². The van der Waals surface area contributed by atoms with Crippen molar-refractivity contribution < 1.29 is 20.1 Å². The molecule has 4 saturated carbocycles. The number of rotatable bonds is 3. The summed E-state index contributed by atoms with van der Waals surface area (Å²) in [5.41, 5.74) is -0.635. The van der Waals surface area contributed by atoms with Crippen molar-refractivity contribution in [1.82, 2.24) is 0 Å². The van der Waals surface area contributed by atoms with Crippen molar-refractivity contribution in [2.24, 2.45) is 45.3 Å². The molecule has 0 aromatic heterocycles. The minimum atomic E-state index is -0.784. The summed E-state index contributed by atoms with van der Waals surface area (Å²) in [5.74, 6) is 2.12. The summed E-state index contributed by atoms with van der Waals surface area (Å²) >= 11 is 0. The van der Waals surface area contributed by atoms with Gasteiger partial charge in [0.2, 0.25) is 0 Å². The van der Waals surface area contributed by atoms with Crippen molar-refractivity contribution >= 4 is 0 Å². The largest absolute Gasteiger partial charge is 0.396 e. The van der Waals surface area contributed by atoms with Gasteiger partial charge >= 0.3 is 0 Å². The summed E-state index contributed by atoms with van der Waals surface area (Å²) in [7, 11) is 0. The molecule has 10 atom stereocenters. The Labute approximate surface area is 208 Å². The third-order valence-electron chi connectivity index (χ3n) is 13.3. The molecule has 0 bridgehead atoms. The van der Waals surface area contributed by atoms with E-state index in [4.69, 9.17) is 4.74 Å². The maximum Gasteiger partial charge on any atom is 0.0865 e. The highest BCUT2D eigenvalue weighted by molar-refractivity contribution is 5.19. The second kappa shape index (κ2) is 7.68. The Morgan fingerprint density at radius 2 is 1.44 bits per heavy atom. The van der Waals surface area contributed by atoms with Gasteiger partial charge in [-0.05, 0) is 125 Å². The van der Waals surface area contributed by atoms with Gasteiger partial charge in [0.15, 0.2) is 0 Å². The van der Waals surface area contributed by atoms with Gasteiger partial charge in [0.1, 0.15) is 0 Å². The van der Waals surface area contributed by atoms with Crippen LogP contribution in [0.3, 0.4) is 0 Å². The first kappa shape index (κ1) is 25.5. The van der Waals surface area contributed by atoms with Crippen LogP contribution in [0.2, 0.25) is 0 Å². The van der Waals surface area contributed by atoms with Gasteiger partial charge in [0.25, 0.3) is 0 Å². The molecule has 0 aromatic rings. The van der Waals surface area contributed by atoms with E-state index in [0.717, 1.165) is 32.1 Å². The molecule has 3 N–H and O–H groups in total. The van der Waals surface area contributed by atoms with Gasteiger partial charge in [0.05, 0.1) is 23.4 Å². The normalized spacial score (nSPS) is 54.9. The molecule has 0 radical (unpaired) electrons. The molecule has 0 spiro atoms. The van der Waals surface area contributed by atoms with Crippen LogP contribution >= 0.6 is 0 Å². The SMILES string of the molecule is CC(C)(O)[C@@H]1CC[C@@](C)([C@H]2CC[C@]3(C)[C@@H]2CC[C@@H]2[C@@]4(CO)CC[C@H](O)C(C)(C)[C@@H]4CC[C@]23C)O1. The average molecular weight is 477 g/mol. The van der Waals surface area contributed by atoms with Gasteiger partial charge in [-0.3, -0.25) is 0 Å². The van der Waals surface area contributed by atoms with E-state index in [2.05, 4.69) is 34.6 Å². The highest BCUT2D eigenvalue weighted by Gasteiger charge is 2.70. The molecule has 0 amide bonds. The Morgan fingerprint density at radius 1 is 0.765 bits per heavy atom. The maximum atomic E-state index is 11.0. The Hall–Kier alpha value is -0.160. The lowest BCUT2D eigenvalue weighted by Crippen LogP contribution is -2.66. The zero-order valence-electron chi connectivity index (χ0n) is 23.0. The summed E-state index contributed by atoms with van der Waals surface area (Å²) in [5, 5.41) is 32.5. The molecule has 4 nitrogen and oxygen atoms in total. The van der Waals surface area contributed by atoms with Gasteiger partial charge in [-0.2, -0.15) is 0 Å². The summed E-state index contributed by atoms with van der Waals surface area (Å²) in [6.45, 7) is 16.1. The van der Waals surface area contributed by atoms with E-state index in [1.807, 2.05) is 13.8 Å². The first-order valence-corrected chi connectivity index (χ1v) is 14.3. The highest BCUT2D eigenvalue weighted by atomic mass is 16.5. The van der Waals surface area contributed by atoms with Crippen LogP contribution in [0.4, 0.5) is 0 Å². The van der Waals surface area contributed by atoms with Crippen molar-refractivity contribution in [3.63, 3.8) is 0 Å². The topological polar surface area (TPSA) is 69.9 Å². The van der Waals surface area contributed by atoms with Gasteiger partial charge in [0, 0.05) is 12.0 Å². The van der Waals surface area contributed by atoms with Crippen molar-refractivity contribution in [3.8, 4) is 0 Å². The van der Waals surface area contributed by atoms with Crippen LogP contribution in [-0.4, -0.2) is 45.3 Å². The first-order chi connectivity index (χ1) is 15.7. The van der Waals surface area contributed by atoms with Crippen LogP contribution in [0, 0.1) is 45.3 Å². The number of aliphatic hydroxyl groups is 3. The third-order valence-corrected chi connectivity index (χ3v) is 13.3. The van der Waals surface area contributed by atoms with Crippen LogP contribution in [0.15, 0.2) is 0 Å². The molecule has 196 valence electrons. The molecule has 5 rings (SSSR count). The highest BCUT2D eigenvalue weighted by Crippen LogP contribution is 2.76. The number of hydrogen-bond donors (Lipinski definition) is 3. The quantitative estimate of drug-likeness (QED) is 0.488. The molecule has 1 heterocycles. The fourth-order valence-electron chi connectivity index (χ4n) is 11.1. The molecule has 1 saturated heterocycles. The lowest BCUT2D eigenvalue weighted by Gasteiger charge is -2.70. The van der Waals surface area contributed by atoms with E-state index in [-0.39, 0.29) is 46.1 Å². The molecular formula is C30H52O4. The zero-order valence-corrected chi connectivity index (χ0v) is 23.0. The van der Waals surface area contributed by atoms with E-state index >= 15 is 0 Å². The maximum absolute atomic E-state index is 11.0. The van der Waals surface area contributed by atoms with Crippen LogP contribution in [0.25, 0.3) is 0 Å². The lowest BCUT2D eigenvalue weighted by molar-refractivity contribution is -0.242. The average Bonchev–Trinajstić information content (AvgIpc) is 3.33. The molecule has 5 aliphatic rings. The molecule has 1 aliphatic heterocycles. The Kier molecular flexibility index (Phi) is 5.76. The van der Waals surface area contributed by atoms with Gasteiger partial charge in [-0.25, -0.2) is 0 Å². The standard InChI is InChI=1S/C30H52O4/c1-25(2)21-11-15-28(6)22(30(21,18-31)17-12-23(25)32)9-8-19-20(10-14-27(19,28)5)29(7)16-13-24(34-29)26(3,4)33/h19-24,31-33H,8-18H2,1-7H3/t19-,20+,21+,22+,23+,24+,27-,28-,29+,30-/m1/s1. The Bertz CT molecular complexity index is 802. The fraction of sp³-hybridized carbons (Fsp3) is 1.00. The second-order valence-electron chi connectivity index (χ2n) is 15.2. The van der Waals surface area contributed by atoms with Crippen molar-refractivity contribution in [1.29, 1.82) is 0 Å². The van der Waals surface area contributed by atoms with Crippen molar-refractivity contribution in [2.75, 3.05) is 6.61 Å². The van der Waals surface area contributed by atoms with E-state index < -0.39 is 5.60 Å². The van der Waals surface area contributed by atoms with E-state index in [9.17, 15) is 15.3 Å². The van der Waals surface area contributed by atoms with Gasteiger partial charge in [-0.1, -0.05) is 27.7 Å². The van der Waals surface area contributed by atoms with Crippen molar-refractivity contribution in [3.05, 3.63) is 0 Å². The van der Waals surface area contributed by atoms with Crippen LogP contribution in [0.5, 0.6) is 0 Å². The summed E-state index contributed by atoms with van der Waals surface area (Å²) < 4.78 is 6.71. The molecule has 4 aliphatic carbocycles. The fourth-order valence-corrected chi connectivity index (χ4v) is 11.1.